The second kappa shape index (κ2) is 7.28. The van der Waals surface area contributed by atoms with Crippen molar-refractivity contribution in [1.29, 1.82) is 0 Å². The van der Waals surface area contributed by atoms with Gasteiger partial charge in [0.25, 0.3) is 0 Å². The number of carbonyl (C=O) groups excluding carboxylic acids is 1. The summed E-state index contributed by atoms with van der Waals surface area (Å²) in [5.74, 6) is 0.546. The Hall–Kier alpha value is -2.34. The molecule has 1 aliphatic heterocycles. The van der Waals surface area contributed by atoms with Crippen molar-refractivity contribution in [3.8, 4) is 5.69 Å². The molecule has 0 spiro atoms. The summed E-state index contributed by atoms with van der Waals surface area (Å²) >= 11 is 0. The van der Waals surface area contributed by atoms with Crippen molar-refractivity contribution in [2.24, 2.45) is 0 Å². The Morgan fingerprint density at radius 1 is 1.39 bits per heavy atom. The summed E-state index contributed by atoms with van der Waals surface area (Å²) in [6.45, 7) is 4.04. The maximum absolute atomic E-state index is 12.4. The molecule has 0 radical (unpaired) electrons. The number of benzene rings is 1. The zero-order valence-electron chi connectivity index (χ0n) is 13.3. The van der Waals surface area contributed by atoms with E-state index in [1.54, 1.807) is 15.6 Å². The Bertz CT molecular complexity index is 635. The lowest BCUT2D eigenvalue weighted by Crippen LogP contribution is -2.40. The molecule has 1 atom stereocenters. The van der Waals surface area contributed by atoms with Crippen molar-refractivity contribution in [1.82, 2.24) is 14.7 Å². The fourth-order valence-electron chi connectivity index (χ4n) is 2.69. The van der Waals surface area contributed by atoms with E-state index in [2.05, 4.69) is 10.4 Å². The van der Waals surface area contributed by atoms with Crippen LogP contribution >= 0.6 is 0 Å². The van der Waals surface area contributed by atoms with Gasteiger partial charge in [-0.25, -0.2) is 9.48 Å². The van der Waals surface area contributed by atoms with Crippen LogP contribution in [0, 0.1) is 0 Å². The van der Waals surface area contributed by atoms with Crippen LogP contribution in [-0.4, -0.2) is 46.5 Å². The van der Waals surface area contributed by atoms with E-state index in [-0.39, 0.29) is 12.1 Å². The summed E-state index contributed by atoms with van der Waals surface area (Å²) in [6.07, 6.45) is 4.08. The zero-order valence-corrected chi connectivity index (χ0v) is 13.3. The maximum atomic E-state index is 12.4. The number of hydrogen-bond donors (Lipinski definition) is 1. The number of amides is 2. The Labute approximate surface area is 136 Å². The molecule has 6 nitrogen and oxygen atoms in total. The molecule has 0 saturated carbocycles. The van der Waals surface area contributed by atoms with E-state index < -0.39 is 0 Å². The molecule has 1 aromatic carbocycles. The number of ether oxygens (including phenoxy) is 1. The molecule has 1 N–H and O–H groups in total. The van der Waals surface area contributed by atoms with Crippen LogP contribution < -0.4 is 5.32 Å². The molecule has 2 amide bonds. The average molecular weight is 314 g/mol. The largest absolute Gasteiger partial charge is 0.376 e. The Morgan fingerprint density at radius 2 is 2.22 bits per heavy atom. The zero-order chi connectivity index (χ0) is 16.1. The van der Waals surface area contributed by atoms with Crippen molar-refractivity contribution in [3.63, 3.8) is 0 Å². The Kier molecular flexibility index (Phi) is 4.92. The molecule has 1 unspecified atom stereocenters. The SMILES string of the molecule is CCN(CC1CCCO1)C(=O)Nc1ccn(-c2ccccc2)n1. The van der Waals surface area contributed by atoms with Crippen LogP contribution in [0.5, 0.6) is 0 Å². The van der Waals surface area contributed by atoms with Crippen molar-refractivity contribution >= 4 is 11.8 Å². The number of carbonyl (C=O) groups is 1. The van der Waals surface area contributed by atoms with Gasteiger partial charge in [-0.05, 0) is 31.9 Å². The van der Waals surface area contributed by atoms with E-state index in [4.69, 9.17) is 4.74 Å². The lowest BCUT2D eigenvalue weighted by atomic mass is 10.2. The molecular weight excluding hydrogens is 292 g/mol. The molecule has 3 rings (SSSR count). The van der Waals surface area contributed by atoms with Crippen LogP contribution in [0.15, 0.2) is 42.6 Å². The summed E-state index contributed by atoms with van der Waals surface area (Å²) in [5, 5.41) is 7.25. The molecule has 1 saturated heterocycles. The van der Waals surface area contributed by atoms with Crippen molar-refractivity contribution in [2.45, 2.75) is 25.9 Å². The number of likely N-dealkylation sites (N-methyl/N-ethyl adjacent to an activating group) is 1. The monoisotopic (exact) mass is 314 g/mol. The second-order valence-electron chi connectivity index (χ2n) is 5.58. The fraction of sp³-hybridized carbons (Fsp3) is 0.412. The summed E-state index contributed by atoms with van der Waals surface area (Å²) in [5.41, 5.74) is 0.958. The third-order valence-corrected chi connectivity index (χ3v) is 3.96. The van der Waals surface area contributed by atoms with Crippen molar-refractivity contribution in [2.75, 3.05) is 25.0 Å². The van der Waals surface area contributed by atoms with Gasteiger partial charge in [-0.2, -0.15) is 0 Å². The number of nitrogens with zero attached hydrogens (tertiary/aromatic N) is 3. The maximum Gasteiger partial charge on any atom is 0.323 e. The molecular formula is C17H22N4O2. The summed E-state index contributed by atoms with van der Waals surface area (Å²) in [6, 6.07) is 11.5. The standard InChI is InChI=1S/C17H22N4O2/c1-2-20(13-15-9-6-12-23-15)17(22)18-16-10-11-21(19-16)14-7-4-3-5-8-14/h3-5,7-8,10-11,15H,2,6,9,12-13H2,1H3,(H,18,19,22). The van der Waals surface area contributed by atoms with Gasteiger partial charge in [0, 0.05) is 32.0 Å². The van der Waals surface area contributed by atoms with Crippen LogP contribution in [-0.2, 0) is 4.74 Å². The molecule has 0 aliphatic carbocycles. The molecule has 2 aromatic rings. The number of anilines is 1. The van der Waals surface area contributed by atoms with Crippen LogP contribution in [0.3, 0.4) is 0 Å². The van der Waals surface area contributed by atoms with Crippen LogP contribution in [0.25, 0.3) is 5.69 Å². The van der Waals surface area contributed by atoms with Crippen LogP contribution in [0.1, 0.15) is 19.8 Å². The normalized spacial score (nSPS) is 17.2. The van der Waals surface area contributed by atoms with Gasteiger partial charge >= 0.3 is 6.03 Å². The first-order valence-electron chi connectivity index (χ1n) is 8.05. The van der Waals surface area contributed by atoms with E-state index in [0.29, 0.717) is 18.9 Å². The summed E-state index contributed by atoms with van der Waals surface area (Å²) in [4.78, 5) is 14.1. The predicted molar refractivity (Wildman–Crippen MR) is 88.8 cm³/mol. The Balaban J connectivity index is 1.61. The topological polar surface area (TPSA) is 59.4 Å². The predicted octanol–water partition coefficient (Wildman–Crippen LogP) is 2.91. The second-order valence-corrected chi connectivity index (χ2v) is 5.58. The van der Waals surface area contributed by atoms with Crippen molar-refractivity contribution < 1.29 is 9.53 Å². The van der Waals surface area contributed by atoms with Gasteiger partial charge in [-0.3, -0.25) is 5.32 Å². The van der Waals surface area contributed by atoms with Gasteiger partial charge in [-0.1, -0.05) is 18.2 Å². The highest BCUT2D eigenvalue weighted by Gasteiger charge is 2.21. The molecule has 1 aromatic heterocycles. The van der Waals surface area contributed by atoms with E-state index in [9.17, 15) is 4.79 Å². The highest BCUT2D eigenvalue weighted by atomic mass is 16.5. The van der Waals surface area contributed by atoms with Crippen LogP contribution in [0.2, 0.25) is 0 Å². The highest BCUT2D eigenvalue weighted by Crippen LogP contribution is 2.15. The van der Waals surface area contributed by atoms with Gasteiger partial charge in [0.1, 0.15) is 0 Å². The highest BCUT2D eigenvalue weighted by molar-refractivity contribution is 5.88. The summed E-state index contributed by atoms with van der Waals surface area (Å²) in [7, 11) is 0. The lowest BCUT2D eigenvalue weighted by molar-refractivity contribution is 0.0849. The first kappa shape index (κ1) is 15.6. The van der Waals surface area contributed by atoms with E-state index in [1.165, 1.54) is 0 Å². The molecule has 0 bridgehead atoms. The first-order chi connectivity index (χ1) is 11.3. The third-order valence-electron chi connectivity index (χ3n) is 3.96. The minimum Gasteiger partial charge on any atom is -0.376 e. The quantitative estimate of drug-likeness (QED) is 0.923. The van der Waals surface area contributed by atoms with Crippen molar-refractivity contribution in [3.05, 3.63) is 42.6 Å². The third kappa shape index (κ3) is 3.90. The van der Waals surface area contributed by atoms with E-state index in [1.807, 2.05) is 43.5 Å². The summed E-state index contributed by atoms with van der Waals surface area (Å²) < 4.78 is 7.35. The smallest absolute Gasteiger partial charge is 0.323 e. The van der Waals surface area contributed by atoms with Crippen LogP contribution in [0.4, 0.5) is 10.6 Å². The number of hydrogen-bond acceptors (Lipinski definition) is 3. The number of nitrogens with one attached hydrogen (secondary N) is 1. The molecule has 1 aliphatic rings. The number of rotatable bonds is 5. The fourth-order valence-corrected chi connectivity index (χ4v) is 2.69. The minimum atomic E-state index is -0.138. The first-order valence-corrected chi connectivity index (χ1v) is 8.05. The lowest BCUT2D eigenvalue weighted by Gasteiger charge is -2.23. The molecule has 2 heterocycles. The van der Waals surface area contributed by atoms with Gasteiger partial charge in [-0.15, -0.1) is 5.10 Å². The Morgan fingerprint density at radius 3 is 2.91 bits per heavy atom. The molecule has 23 heavy (non-hydrogen) atoms. The molecule has 122 valence electrons. The van der Waals surface area contributed by atoms with Gasteiger partial charge in [0.05, 0.1) is 11.8 Å². The molecule has 1 fully saturated rings. The average Bonchev–Trinajstić information content (AvgIpc) is 3.25. The van der Waals surface area contributed by atoms with E-state index in [0.717, 1.165) is 25.1 Å². The minimum absolute atomic E-state index is 0.138. The number of urea groups is 1. The number of aromatic nitrogens is 2. The number of para-hydroxylation sites is 1. The molecule has 6 heteroatoms. The van der Waals surface area contributed by atoms with E-state index >= 15 is 0 Å². The van der Waals surface area contributed by atoms with Gasteiger partial charge < -0.3 is 9.64 Å². The van der Waals surface area contributed by atoms with Gasteiger partial charge in [0.15, 0.2) is 5.82 Å². The van der Waals surface area contributed by atoms with Gasteiger partial charge in [0.2, 0.25) is 0 Å².